The van der Waals surface area contributed by atoms with Crippen LogP contribution in [-0.2, 0) is 0 Å². The van der Waals surface area contributed by atoms with Crippen LogP contribution in [0.3, 0.4) is 0 Å². The Balaban J connectivity index is 1.22. The van der Waals surface area contributed by atoms with E-state index < -0.39 is 0 Å². The van der Waals surface area contributed by atoms with Gasteiger partial charge in [0.2, 0.25) is 0 Å². The molecule has 10 aliphatic rings. The van der Waals surface area contributed by atoms with Crippen LogP contribution in [0.1, 0.15) is 127 Å². The summed E-state index contributed by atoms with van der Waals surface area (Å²) in [6.45, 7) is 27.2. The Labute approximate surface area is 279 Å². The smallest absolute Gasteiger partial charge is 0.0165 e. The first kappa shape index (κ1) is 29.9. The van der Waals surface area contributed by atoms with Crippen LogP contribution in [0, 0.1) is 153 Å². The van der Waals surface area contributed by atoms with Gasteiger partial charge in [0.1, 0.15) is 0 Å². The van der Waals surface area contributed by atoms with Gasteiger partial charge in [-0.25, -0.2) is 0 Å². The second-order valence-electron chi connectivity index (χ2n) is 22.9. The lowest BCUT2D eigenvalue weighted by Gasteiger charge is -2.75. The van der Waals surface area contributed by atoms with Gasteiger partial charge in [-0.15, -0.1) is 0 Å². The number of fused-ring (bicyclic) bond motifs is 3. The zero-order chi connectivity index (χ0) is 31.2. The molecule has 10 aliphatic carbocycles. The van der Waals surface area contributed by atoms with Crippen LogP contribution in [0.2, 0.25) is 0 Å². The van der Waals surface area contributed by atoms with Crippen molar-refractivity contribution < 1.29 is 0 Å². The Morgan fingerprint density at radius 1 is 0.511 bits per heavy atom. The van der Waals surface area contributed by atoms with Crippen molar-refractivity contribution in [2.75, 3.05) is 0 Å². The molecule has 0 aromatic carbocycles. The maximum atomic E-state index is 2.87. The summed E-state index contributed by atoms with van der Waals surface area (Å²) in [5.41, 5.74) is 1.18. The van der Waals surface area contributed by atoms with Gasteiger partial charge in [0, 0.05) is 0 Å². The molecule has 0 aromatic heterocycles. The summed E-state index contributed by atoms with van der Waals surface area (Å²) >= 11 is 0. The average Bonchev–Trinajstić information content (AvgIpc) is 3.58. The third-order valence-electron chi connectivity index (χ3n) is 20.5. The molecule has 0 heteroatoms. The largest absolute Gasteiger partial charge is 0.0625 e. The molecule has 10 rings (SSSR count). The molecule has 10 fully saturated rings. The van der Waals surface area contributed by atoms with Gasteiger partial charge >= 0.3 is 0 Å². The van der Waals surface area contributed by atoms with Gasteiger partial charge in [-0.1, -0.05) is 69.2 Å². The molecule has 0 aliphatic heterocycles. The molecular weight excluding hydrogens is 540 g/mol. The first-order valence-corrected chi connectivity index (χ1v) is 21.3. The van der Waals surface area contributed by atoms with Crippen molar-refractivity contribution in [3.63, 3.8) is 0 Å². The van der Waals surface area contributed by atoms with E-state index in [1.807, 2.05) is 0 Å². The minimum absolute atomic E-state index is 0.478. The molecule has 0 N–H and O–H groups in total. The Morgan fingerprint density at radius 2 is 1.16 bits per heavy atom. The monoisotopic (exact) mass is 613 g/mol. The van der Waals surface area contributed by atoms with Gasteiger partial charge in [-0.05, 0) is 211 Å². The topological polar surface area (TPSA) is 0 Å². The van der Waals surface area contributed by atoms with Crippen molar-refractivity contribution in [2.24, 2.45) is 153 Å². The molecule has 252 valence electrons. The quantitative estimate of drug-likeness (QED) is 0.276. The lowest BCUT2D eigenvalue weighted by atomic mass is 9.29. The molecule has 24 atom stereocenters. The lowest BCUT2D eigenvalue weighted by molar-refractivity contribution is -0.279. The maximum Gasteiger partial charge on any atom is -0.0165 e. The van der Waals surface area contributed by atoms with E-state index in [1.165, 1.54) is 0 Å². The molecule has 0 amide bonds. The number of hydrogen-bond acceptors (Lipinski definition) is 0. The van der Waals surface area contributed by atoms with Gasteiger partial charge in [-0.2, -0.15) is 0 Å². The molecule has 24 unspecified atom stereocenters. The first-order chi connectivity index (χ1) is 21.3. The van der Waals surface area contributed by atoms with Crippen LogP contribution in [0.15, 0.2) is 0 Å². The van der Waals surface area contributed by atoms with Crippen molar-refractivity contribution in [2.45, 2.75) is 127 Å². The van der Waals surface area contributed by atoms with E-state index >= 15 is 0 Å². The highest BCUT2D eigenvalue weighted by Gasteiger charge is 2.82. The minimum atomic E-state index is 0.478. The van der Waals surface area contributed by atoms with Gasteiger partial charge in [0.25, 0.3) is 0 Å². The number of hydrogen-bond donors (Lipinski definition) is 0. The van der Waals surface area contributed by atoms with Crippen LogP contribution >= 0.6 is 0 Å². The van der Waals surface area contributed by atoms with Crippen molar-refractivity contribution in [1.29, 1.82) is 0 Å². The van der Waals surface area contributed by atoms with E-state index in [9.17, 15) is 0 Å². The fourth-order valence-corrected chi connectivity index (χ4v) is 20.2. The first-order valence-electron chi connectivity index (χ1n) is 21.3. The molecule has 0 radical (unpaired) electrons. The van der Waals surface area contributed by atoms with Crippen LogP contribution < -0.4 is 0 Å². The Kier molecular flexibility index (Phi) is 6.25. The standard InChI is InChI=1S/C45H72/c1-20(2)28-19-35-34-18-27(44(8,9)10)16-26-17-29-23(5)15-31-24(6)30-11-21(3)12-32-33-13-22(4)14-36-38(33)40(37(30)32)39(31)43(29)45(36,42(26)34)41(35)25(28)7/h20-43H,11-19H2,1-10H3. The van der Waals surface area contributed by atoms with Gasteiger partial charge < -0.3 is 0 Å². The number of rotatable bonds is 1. The van der Waals surface area contributed by atoms with E-state index in [2.05, 4.69) is 69.2 Å². The van der Waals surface area contributed by atoms with E-state index in [0.717, 1.165) is 142 Å². The summed E-state index contributed by atoms with van der Waals surface area (Å²) in [4.78, 5) is 0. The van der Waals surface area contributed by atoms with Crippen LogP contribution in [-0.4, -0.2) is 0 Å². The highest BCUT2D eigenvalue weighted by atomic mass is 14.9. The third kappa shape index (κ3) is 3.45. The molecule has 1 spiro atoms. The molecule has 45 heavy (non-hydrogen) atoms. The normalized spacial score (nSPS) is 66.6. The van der Waals surface area contributed by atoms with Crippen LogP contribution in [0.4, 0.5) is 0 Å². The molecule has 0 heterocycles. The minimum Gasteiger partial charge on any atom is -0.0625 e. The highest BCUT2D eigenvalue weighted by Crippen LogP contribution is 2.87. The van der Waals surface area contributed by atoms with Gasteiger partial charge in [0.15, 0.2) is 0 Å². The Bertz CT molecular complexity index is 1200. The van der Waals surface area contributed by atoms with Crippen molar-refractivity contribution in [1.82, 2.24) is 0 Å². The van der Waals surface area contributed by atoms with E-state index in [1.54, 1.807) is 57.8 Å². The summed E-state index contributed by atoms with van der Waals surface area (Å²) in [6, 6.07) is 0. The highest BCUT2D eigenvalue weighted by molar-refractivity contribution is 5.29. The summed E-state index contributed by atoms with van der Waals surface area (Å²) in [5, 5.41) is 0. The molecule has 0 bridgehead atoms. The molecule has 0 saturated heterocycles. The fourth-order valence-electron chi connectivity index (χ4n) is 20.2. The Hall–Kier alpha value is 0. The van der Waals surface area contributed by atoms with Crippen molar-refractivity contribution >= 4 is 0 Å². The SMILES string of the molecule is CC1CC2C(C)C3CC(C)C4CC5CC(C(C)(C)C)CC6C7CC(C(C)C)C(C)C7C7(C8CC(C)CC9C(C1)C2C(C98)C3C47)C56. The zero-order valence-electron chi connectivity index (χ0n) is 31.2. The molecular formula is C45H72. The summed E-state index contributed by atoms with van der Waals surface area (Å²) in [6.07, 6.45) is 14.5. The van der Waals surface area contributed by atoms with Gasteiger partial charge in [0.05, 0.1) is 0 Å². The summed E-state index contributed by atoms with van der Waals surface area (Å²) in [7, 11) is 0. The second-order valence-corrected chi connectivity index (χ2v) is 22.9. The van der Waals surface area contributed by atoms with E-state index in [0.29, 0.717) is 10.8 Å². The third-order valence-corrected chi connectivity index (χ3v) is 20.5. The predicted octanol–water partition coefficient (Wildman–Crippen LogP) is 11.6. The summed E-state index contributed by atoms with van der Waals surface area (Å²) in [5.74, 6) is 25.1. The zero-order valence-corrected chi connectivity index (χ0v) is 31.2. The second kappa shape index (κ2) is 9.41. The van der Waals surface area contributed by atoms with Crippen LogP contribution in [0.25, 0.3) is 0 Å². The Morgan fingerprint density at radius 3 is 1.87 bits per heavy atom. The summed E-state index contributed by atoms with van der Waals surface area (Å²) < 4.78 is 0. The van der Waals surface area contributed by atoms with Crippen LogP contribution in [0.5, 0.6) is 0 Å². The van der Waals surface area contributed by atoms with Crippen molar-refractivity contribution in [3.05, 3.63) is 0 Å². The maximum absolute atomic E-state index is 2.87. The van der Waals surface area contributed by atoms with E-state index in [-0.39, 0.29) is 0 Å². The average molecular weight is 613 g/mol. The molecule has 0 aromatic rings. The van der Waals surface area contributed by atoms with E-state index in [4.69, 9.17) is 0 Å². The lowest BCUT2D eigenvalue weighted by Crippen LogP contribution is -2.71. The predicted molar refractivity (Wildman–Crippen MR) is 187 cm³/mol. The van der Waals surface area contributed by atoms with Crippen molar-refractivity contribution in [3.8, 4) is 0 Å². The molecule has 0 nitrogen and oxygen atoms in total. The van der Waals surface area contributed by atoms with Gasteiger partial charge in [-0.3, -0.25) is 0 Å². The molecule has 10 saturated carbocycles. The fraction of sp³-hybridized carbons (Fsp3) is 1.00.